The third-order valence-electron chi connectivity index (χ3n) is 1.08. The lowest BCUT2D eigenvalue weighted by molar-refractivity contribution is -0.245. The van der Waals surface area contributed by atoms with Gasteiger partial charge in [0.25, 0.3) is 5.72 Å². The summed E-state index contributed by atoms with van der Waals surface area (Å²) in [6.07, 6.45) is -4.65. The summed E-state index contributed by atoms with van der Waals surface area (Å²) < 4.78 is 35.3. The highest BCUT2D eigenvalue weighted by Gasteiger charge is 2.55. The van der Waals surface area contributed by atoms with Crippen molar-refractivity contribution in [2.24, 2.45) is 4.99 Å². The molecule has 0 aromatic carbocycles. The zero-order valence-corrected chi connectivity index (χ0v) is 5.54. The summed E-state index contributed by atoms with van der Waals surface area (Å²) >= 11 is 0.846. The van der Waals surface area contributed by atoms with Gasteiger partial charge in [-0.1, -0.05) is 0 Å². The fraction of sp³-hybridized carbons (Fsp3) is 0.750. The van der Waals surface area contributed by atoms with Gasteiger partial charge in [0, 0.05) is 0 Å². The Bertz CT molecular complexity index is 168. The second-order valence-corrected chi connectivity index (χ2v) is 2.69. The van der Waals surface area contributed by atoms with Gasteiger partial charge in [-0.05, 0) is 0 Å². The maximum absolute atomic E-state index is 11.8. The Morgan fingerprint density at radius 3 is 2.40 bits per heavy atom. The molecule has 0 saturated heterocycles. The van der Waals surface area contributed by atoms with Gasteiger partial charge >= 0.3 is 6.18 Å². The zero-order valence-electron chi connectivity index (χ0n) is 4.72. The molecule has 0 bridgehead atoms. The van der Waals surface area contributed by atoms with E-state index in [1.54, 1.807) is 0 Å². The van der Waals surface area contributed by atoms with Crippen molar-refractivity contribution in [2.75, 3.05) is 5.75 Å². The second kappa shape index (κ2) is 2.13. The van der Waals surface area contributed by atoms with Gasteiger partial charge in [0.2, 0.25) is 0 Å². The third-order valence-corrected chi connectivity index (χ3v) is 1.90. The number of thioether (sulfide) groups is 1. The van der Waals surface area contributed by atoms with Crippen molar-refractivity contribution in [3.8, 4) is 0 Å². The Labute approximate surface area is 59.1 Å². The zero-order chi connectivity index (χ0) is 7.83. The predicted molar refractivity (Wildman–Crippen MR) is 32.0 cm³/mol. The number of nitrogens with zero attached hydrogens (tertiary/aromatic N) is 1. The summed E-state index contributed by atoms with van der Waals surface area (Å²) in [6, 6.07) is 0. The highest BCUT2D eigenvalue weighted by molar-refractivity contribution is 8.12. The van der Waals surface area contributed by atoms with Crippen LogP contribution in [0.3, 0.4) is 0 Å². The number of aliphatic hydroxyl groups is 1. The van der Waals surface area contributed by atoms with Crippen LogP contribution in [-0.2, 0) is 0 Å². The molecule has 1 N–H and O–H groups in total. The molecule has 6 heteroatoms. The number of halogens is 3. The molecule has 0 aromatic heterocycles. The van der Waals surface area contributed by atoms with E-state index < -0.39 is 17.7 Å². The van der Waals surface area contributed by atoms with E-state index in [1.165, 1.54) is 0 Å². The largest absolute Gasteiger partial charge is 0.439 e. The minimum Gasteiger partial charge on any atom is -0.362 e. The summed E-state index contributed by atoms with van der Waals surface area (Å²) in [6.45, 7) is 0. The van der Waals surface area contributed by atoms with Crippen LogP contribution in [0.4, 0.5) is 13.2 Å². The highest BCUT2D eigenvalue weighted by Crippen LogP contribution is 2.36. The lowest BCUT2D eigenvalue weighted by Gasteiger charge is -2.20. The molecule has 1 unspecified atom stereocenters. The maximum atomic E-state index is 11.8. The molecular formula is C4H4F3NOS. The van der Waals surface area contributed by atoms with Crippen molar-refractivity contribution >= 4 is 17.3 Å². The molecule has 0 fully saturated rings. The van der Waals surface area contributed by atoms with E-state index in [0.717, 1.165) is 17.3 Å². The Morgan fingerprint density at radius 1 is 1.60 bits per heavy atom. The van der Waals surface area contributed by atoms with E-state index in [1.807, 2.05) is 0 Å². The van der Waals surface area contributed by atoms with Gasteiger partial charge in [-0.15, -0.1) is 11.8 Å². The summed E-state index contributed by atoms with van der Waals surface area (Å²) in [5.74, 6) is -0.434. The molecule has 0 radical (unpaired) electrons. The second-order valence-electron chi connectivity index (χ2n) is 1.86. The minimum absolute atomic E-state index is 0.434. The number of hydrogen-bond donors (Lipinski definition) is 1. The summed E-state index contributed by atoms with van der Waals surface area (Å²) in [5.41, 5.74) is -1.83. The number of hydrogen-bond acceptors (Lipinski definition) is 3. The SMILES string of the molecule is OC1(C(F)(F)F)CSC=N1. The maximum Gasteiger partial charge on any atom is 0.439 e. The molecule has 0 amide bonds. The first-order chi connectivity index (χ1) is 4.46. The molecule has 1 atom stereocenters. The van der Waals surface area contributed by atoms with Crippen LogP contribution >= 0.6 is 11.8 Å². The molecule has 0 aliphatic carbocycles. The normalized spacial score (nSPS) is 33.2. The van der Waals surface area contributed by atoms with E-state index in [4.69, 9.17) is 5.11 Å². The number of rotatable bonds is 0. The summed E-state index contributed by atoms with van der Waals surface area (Å²) in [5, 5.41) is 8.68. The van der Waals surface area contributed by atoms with Gasteiger partial charge in [0.15, 0.2) is 0 Å². The van der Waals surface area contributed by atoms with E-state index in [-0.39, 0.29) is 0 Å². The lowest BCUT2D eigenvalue weighted by atomic mass is 10.3. The molecule has 1 heterocycles. The fourth-order valence-electron chi connectivity index (χ4n) is 0.470. The molecule has 0 aromatic rings. The van der Waals surface area contributed by atoms with Gasteiger partial charge in [-0.3, -0.25) is 0 Å². The predicted octanol–water partition coefficient (Wildman–Crippen LogP) is 1.01. The first-order valence-corrected chi connectivity index (χ1v) is 3.45. The van der Waals surface area contributed by atoms with Crippen molar-refractivity contribution in [1.29, 1.82) is 0 Å². The van der Waals surface area contributed by atoms with Crippen LogP contribution in [0, 0.1) is 0 Å². The molecule has 2 nitrogen and oxygen atoms in total. The minimum atomic E-state index is -4.65. The van der Waals surface area contributed by atoms with Gasteiger partial charge < -0.3 is 5.11 Å². The topological polar surface area (TPSA) is 32.6 Å². The molecule has 58 valence electrons. The van der Waals surface area contributed by atoms with Crippen LogP contribution < -0.4 is 0 Å². The van der Waals surface area contributed by atoms with Crippen molar-refractivity contribution in [1.82, 2.24) is 0 Å². The Hall–Kier alpha value is -0.230. The smallest absolute Gasteiger partial charge is 0.362 e. The number of aliphatic imine (C=N–C) groups is 1. The Morgan fingerprint density at radius 2 is 2.20 bits per heavy atom. The van der Waals surface area contributed by atoms with Crippen LogP contribution in [0.2, 0.25) is 0 Å². The van der Waals surface area contributed by atoms with Crippen molar-refractivity contribution < 1.29 is 18.3 Å². The van der Waals surface area contributed by atoms with Crippen molar-refractivity contribution in [3.05, 3.63) is 0 Å². The average Bonchev–Trinajstić information content (AvgIpc) is 2.13. The quantitative estimate of drug-likeness (QED) is 0.590. The van der Waals surface area contributed by atoms with Crippen LogP contribution in [0.25, 0.3) is 0 Å². The van der Waals surface area contributed by atoms with E-state index >= 15 is 0 Å². The van der Waals surface area contributed by atoms with Gasteiger partial charge in [-0.2, -0.15) is 13.2 Å². The van der Waals surface area contributed by atoms with Crippen LogP contribution in [-0.4, -0.2) is 28.3 Å². The Balaban J connectivity index is 2.78. The summed E-state index contributed by atoms with van der Waals surface area (Å²) in [7, 11) is 0. The van der Waals surface area contributed by atoms with Gasteiger partial charge in [-0.25, -0.2) is 4.99 Å². The molecule has 10 heavy (non-hydrogen) atoms. The lowest BCUT2D eigenvalue weighted by Crippen LogP contribution is -2.43. The van der Waals surface area contributed by atoms with E-state index in [2.05, 4.69) is 4.99 Å². The monoisotopic (exact) mass is 171 g/mol. The molecule has 1 aliphatic rings. The van der Waals surface area contributed by atoms with Crippen LogP contribution in [0.5, 0.6) is 0 Å². The van der Waals surface area contributed by atoms with Crippen LogP contribution in [0.1, 0.15) is 0 Å². The van der Waals surface area contributed by atoms with Gasteiger partial charge in [0.1, 0.15) is 0 Å². The molecular weight excluding hydrogens is 167 g/mol. The molecule has 1 aliphatic heterocycles. The first-order valence-electron chi connectivity index (χ1n) is 2.40. The summed E-state index contributed by atoms with van der Waals surface area (Å²) in [4.78, 5) is 2.91. The Kier molecular flexibility index (Phi) is 1.68. The first kappa shape index (κ1) is 7.87. The molecule has 1 rings (SSSR count). The van der Waals surface area contributed by atoms with E-state index in [9.17, 15) is 13.2 Å². The average molecular weight is 171 g/mol. The fourth-order valence-corrected chi connectivity index (χ4v) is 1.26. The van der Waals surface area contributed by atoms with Crippen molar-refractivity contribution in [2.45, 2.75) is 11.9 Å². The highest BCUT2D eigenvalue weighted by atomic mass is 32.2. The third kappa shape index (κ3) is 1.13. The molecule has 0 saturated carbocycles. The standard InChI is InChI=1S/C4H4F3NOS/c5-4(6,7)3(9)1-10-2-8-3/h2,9H,1H2. The van der Waals surface area contributed by atoms with Gasteiger partial charge in [0.05, 0.1) is 11.3 Å². The number of alkyl halides is 3. The van der Waals surface area contributed by atoms with Crippen LogP contribution in [0.15, 0.2) is 4.99 Å². The van der Waals surface area contributed by atoms with Crippen molar-refractivity contribution in [3.63, 3.8) is 0 Å². The molecule has 0 spiro atoms. The van der Waals surface area contributed by atoms with E-state index in [0.29, 0.717) is 0 Å².